The highest BCUT2D eigenvalue weighted by Gasteiger charge is 2.13. The highest BCUT2D eigenvalue weighted by Crippen LogP contribution is 2.20. The van der Waals surface area contributed by atoms with Gasteiger partial charge in [-0.3, -0.25) is 9.59 Å². The molecule has 0 spiro atoms. The largest absolute Gasteiger partial charge is 0.457 e. The Hall–Kier alpha value is -3.66. The van der Waals surface area contributed by atoms with Gasteiger partial charge in [0.1, 0.15) is 0 Å². The van der Waals surface area contributed by atoms with Crippen LogP contribution in [0.4, 0.5) is 0 Å². The number of Topliss-reactive ketones (excluding diaryl/α,β-unsaturated/α-hetero) is 1. The molecule has 4 aromatic rings. The number of fused-ring (bicyclic) bond motifs is 1. The number of nitrogens with one attached hydrogen (secondary N) is 1. The summed E-state index contributed by atoms with van der Waals surface area (Å²) >= 11 is 0. The van der Waals surface area contributed by atoms with Crippen molar-refractivity contribution >= 4 is 22.7 Å². The summed E-state index contributed by atoms with van der Waals surface area (Å²) < 4.78 is 5.19. The molecule has 4 rings (SSSR count). The van der Waals surface area contributed by atoms with E-state index < -0.39 is 5.97 Å². The molecule has 4 nitrogen and oxygen atoms in total. The molecule has 0 saturated carbocycles. The molecule has 1 N–H and O–H groups in total. The summed E-state index contributed by atoms with van der Waals surface area (Å²) in [6.45, 7) is -0.258. The Morgan fingerprint density at radius 3 is 2.25 bits per heavy atom. The van der Waals surface area contributed by atoms with E-state index in [1.54, 1.807) is 18.3 Å². The lowest BCUT2D eigenvalue weighted by Gasteiger charge is -2.06. The number of ketones is 1. The molecular formula is C24H19NO3. The van der Waals surface area contributed by atoms with E-state index >= 15 is 0 Å². The lowest BCUT2D eigenvalue weighted by molar-refractivity contribution is -0.141. The number of carbonyl (C=O) groups is 2. The smallest absolute Gasteiger partial charge is 0.310 e. The maximum Gasteiger partial charge on any atom is 0.310 e. The van der Waals surface area contributed by atoms with Crippen LogP contribution in [0.5, 0.6) is 0 Å². The Morgan fingerprint density at radius 2 is 1.46 bits per heavy atom. The SMILES string of the molecule is O=C(Cc1c[nH]c2ccccc12)OCC(=O)c1ccc(-c2ccccc2)cc1. The minimum absolute atomic E-state index is 0.129. The van der Waals surface area contributed by atoms with E-state index in [1.807, 2.05) is 66.7 Å². The van der Waals surface area contributed by atoms with Crippen LogP contribution in [0.15, 0.2) is 85.1 Å². The number of aromatic nitrogens is 1. The van der Waals surface area contributed by atoms with Gasteiger partial charge < -0.3 is 9.72 Å². The van der Waals surface area contributed by atoms with Gasteiger partial charge in [0.05, 0.1) is 6.42 Å². The monoisotopic (exact) mass is 369 g/mol. The Bertz CT molecular complexity index is 1110. The molecule has 28 heavy (non-hydrogen) atoms. The first kappa shape index (κ1) is 17.7. The van der Waals surface area contributed by atoms with Crippen molar-refractivity contribution in [2.45, 2.75) is 6.42 Å². The third kappa shape index (κ3) is 3.86. The van der Waals surface area contributed by atoms with Gasteiger partial charge in [-0.05, 0) is 22.8 Å². The highest BCUT2D eigenvalue weighted by molar-refractivity contribution is 5.98. The number of para-hydroxylation sites is 1. The molecule has 0 atom stereocenters. The number of H-pyrrole nitrogens is 1. The number of hydrogen-bond acceptors (Lipinski definition) is 3. The molecule has 0 bridgehead atoms. The minimum Gasteiger partial charge on any atom is -0.457 e. The van der Waals surface area contributed by atoms with Gasteiger partial charge in [0, 0.05) is 22.7 Å². The van der Waals surface area contributed by atoms with Crippen LogP contribution in [0.1, 0.15) is 15.9 Å². The zero-order chi connectivity index (χ0) is 19.3. The number of aromatic amines is 1. The summed E-state index contributed by atoms with van der Waals surface area (Å²) in [6.07, 6.45) is 1.93. The maximum absolute atomic E-state index is 12.3. The molecule has 138 valence electrons. The van der Waals surface area contributed by atoms with Crippen molar-refractivity contribution in [3.63, 3.8) is 0 Å². The van der Waals surface area contributed by atoms with Crippen LogP contribution in [0, 0.1) is 0 Å². The summed E-state index contributed by atoms with van der Waals surface area (Å²) in [7, 11) is 0. The second kappa shape index (κ2) is 7.92. The molecule has 0 aliphatic heterocycles. The van der Waals surface area contributed by atoms with E-state index in [-0.39, 0.29) is 18.8 Å². The Kier molecular flexibility index (Phi) is 5.02. The van der Waals surface area contributed by atoms with Crippen molar-refractivity contribution in [2.75, 3.05) is 6.61 Å². The van der Waals surface area contributed by atoms with Crippen molar-refractivity contribution in [1.82, 2.24) is 4.98 Å². The Labute approximate surface area is 162 Å². The average Bonchev–Trinajstić information content (AvgIpc) is 3.15. The number of benzene rings is 3. The fraction of sp³-hybridized carbons (Fsp3) is 0.0833. The summed E-state index contributed by atoms with van der Waals surface area (Å²) in [5.41, 5.74) is 4.49. The first-order valence-corrected chi connectivity index (χ1v) is 9.10. The van der Waals surface area contributed by atoms with Crippen LogP contribution in [0.3, 0.4) is 0 Å². The predicted octanol–water partition coefficient (Wildman–Crippen LogP) is 4.80. The fourth-order valence-corrected chi connectivity index (χ4v) is 3.19. The van der Waals surface area contributed by atoms with Gasteiger partial charge in [0.25, 0.3) is 0 Å². The molecule has 0 unspecified atom stereocenters. The first-order chi connectivity index (χ1) is 13.7. The van der Waals surface area contributed by atoms with Gasteiger partial charge in [0.2, 0.25) is 0 Å². The van der Waals surface area contributed by atoms with Gasteiger partial charge in [-0.2, -0.15) is 0 Å². The van der Waals surface area contributed by atoms with Crippen LogP contribution < -0.4 is 0 Å². The Morgan fingerprint density at radius 1 is 0.786 bits per heavy atom. The number of carbonyl (C=O) groups excluding carboxylic acids is 2. The van der Waals surface area contributed by atoms with Gasteiger partial charge in [-0.25, -0.2) is 0 Å². The Balaban J connectivity index is 1.35. The average molecular weight is 369 g/mol. The normalized spacial score (nSPS) is 10.7. The van der Waals surface area contributed by atoms with E-state index in [0.717, 1.165) is 27.6 Å². The summed E-state index contributed by atoms with van der Waals surface area (Å²) in [6, 6.07) is 25.0. The van der Waals surface area contributed by atoms with Crippen LogP contribution in [0.2, 0.25) is 0 Å². The molecule has 3 aromatic carbocycles. The molecule has 0 saturated heterocycles. The summed E-state index contributed by atoms with van der Waals surface area (Å²) in [5.74, 6) is -0.633. The summed E-state index contributed by atoms with van der Waals surface area (Å²) in [5, 5.41) is 0.988. The number of hydrogen-bond donors (Lipinski definition) is 1. The predicted molar refractivity (Wildman–Crippen MR) is 109 cm³/mol. The van der Waals surface area contributed by atoms with Gasteiger partial charge in [0.15, 0.2) is 12.4 Å². The number of esters is 1. The van der Waals surface area contributed by atoms with Crippen LogP contribution in [0.25, 0.3) is 22.0 Å². The van der Waals surface area contributed by atoms with Gasteiger partial charge >= 0.3 is 5.97 Å². The van der Waals surface area contributed by atoms with E-state index in [9.17, 15) is 9.59 Å². The topological polar surface area (TPSA) is 59.2 Å². The van der Waals surface area contributed by atoms with Crippen molar-refractivity contribution in [2.24, 2.45) is 0 Å². The zero-order valence-electron chi connectivity index (χ0n) is 15.2. The number of rotatable bonds is 6. The second-order valence-corrected chi connectivity index (χ2v) is 6.56. The molecule has 1 heterocycles. The van der Waals surface area contributed by atoms with Crippen molar-refractivity contribution in [1.29, 1.82) is 0 Å². The minimum atomic E-state index is -0.418. The third-order valence-corrected chi connectivity index (χ3v) is 4.69. The molecule has 0 aliphatic carbocycles. The molecule has 1 aromatic heterocycles. The van der Waals surface area contributed by atoms with Gasteiger partial charge in [-0.1, -0.05) is 72.8 Å². The molecule has 0 radical (unpaired) electrons. The van der Waals surface area contributed by atoms with E-state index in [4.69, 9.17) is 4.74 Å². The fourth-order valence-electron chi connectivity index (χ4n) is 3.19. The van der Waals surface area contributed by atoms with E-state index in [0.29, 0.717) is 5.56 Å². The highest BCUT2D eigenvalue weighted by atomic mass is 16.5. The van der Waals surface area contributed by atoms with Crippen LogP contribution in [-0.4, -0.2) is 23.3 Å². The third-order valence-electron chi connectivity index (χ3n) is 4.69. The lowest BCUT2D eigenvalue weighted by atomic mass is 10.0. The van der Waals surface area contributed by atoms with Crippen molar-refractivity contribution in [3.05, 3.63) is 96.2 Å². The van der Waals surface area contributed by atoms with E-state index in [2.05, 4.69) is 4.98 Å². The van der Waals surface area contributed by atoms with Crippen LogP contribution >= 0.6 is 0 Å². The molecule has 4 heteroatoms. The zero-order valence-corrected chi connectivity index (χ0v) is 15.2. The summed E-state index contributed by atoms with van der Waals surface area (Å²) in [4.78, 5) is 27.6. The van der Waals surface area contributed by atoms with Gasteiger partial charge in [-0.15, -0.1) is 0 Å². The second-order valence-electron chi connectivity index (χ2n) is 6.56. The molecule has 0 fully saturated rings. The van der Waals surface area contributed by atoms with E-state index in [1.165, 1.54) is 0 Å². The molecular weight excluding hydrogens is 350 g/mol. The molecule has 0 amide bonds. The van der Waals surface area contributed by atoms with Crippen molar-refractivity contribution in [3.8, 4) is 11.1 Å². The van der Waals surface area contributed by atoms with Crippen molar-refractivity contribution < 1.29 is 14.3 Å². The number of ether oxygens (including phenoxy) is 1. The lowest BCUT2D eigenvalue weighted by Crippen LogP contribution is -2.15. The molecule has 0 aliphatic rings. The first-order valence-electron chi connectivity index (χ1n) is 9.10. The standard InChI is InChI=1S/C24H19NO3/c26-23(19-12-10-18(11-13-19)17-6-2-1-3-7-17)16-28-24(27)14-20-15-25-22-9-5-4-8-21(20)22/h1-13,15,25H,14,16H2. The van der Waals surface area contributed by atoms with Crippen LogP contribution in [-0.2, 0) is 16.0 Å². The maximum atomic E-state index is 12.3. The quantitative estimate of drug-likeness (QED) is 0.392.